The van der Waals surface area contributed by atoms with E-state index in [0.29, 0.717) is 22.9 Å². The van der Waals surface area contributed by atoms with Crippen LogP contribution in [0.25, 0.3) is 44.2 Å². The molecule has 6 nitrogen and oxygen atoms in total. The summed E-state index contributed by atoms with van der Waals surface area (Å²) in [4.78, 5) is 26.0. The van der Waals surface area contributed by atoms with Crippen LogP contribution in [0.1, 0.15) is 84.6 Å². The van der Waals surface area contributed by atoms with Gasteiger partial charge in [-0.3, -0.25) is 19.7 Å². The standard InChI is InChI=1S/C23H18N3O.C13H24O2.Ir/c1-13(2)20-16-8-5-4-7-15(16)12-19(26-20)22-23-17(11-14(3)27-23)21-18(25-22)9-6-10-24-21;1-5-10(6-2)12(14)9-13(15)11(7-3)8-4;/h4-11,13H,1-3H3;9-11,14H,5-8H2,1-4H3;/q-1;;/b;12-9-;. The van der Waals surface area contributed by atoms with Crippen molar-refractivity contribution in [3.05, 3.63) is 78.0 Å². The smallest absolute Gasteiger partial charge is 0.162 e. The van der Waals surface area contributed by atoms with Crippen LogP contribution in [0.4, 0.5) is 0 Å². The molecule has 0 amide bonds. The van der Waals surface area contributed by atoms with Crippen LogP contribution in [0, 0.1) is 24.8 Å². The van der Waals surface area contributed by atoms with Crippen molar-refractivity contribution in [2.45, 2.75) is 80.1 Å². The Kier molecular flexibility index (Phi) is 12.2. The molecule has 0 aliphatic heterocycles. The number of carbonyl (C=O) groups is 1. The van der Waals surface area contributed by atoms with Crippen molar-refractivity contribution >= 4 is 38.6 Å². The second-order valence-electron chi connectivity index (χ2n) is 11.1. The first-order valence-electron chi connectivity index (χ1n) is 15.1. The summed E-state index contributed by atoms with van der Waals surface area (Å²) in [6, 6.07) is 17.6. The fraction of sp³-hybridized carbons (Fsp3) is 0.389. The number of fused-ring (bicyclic) bond motifs is 4. The second kappa shape index (κ2) is 15.4. The van der Waals surface area contributed by atoms with Gasteiger partial charge in [0.05, 0.1) is 22.5 Å². The maximum absolute atomic E-state index is 11.7. The van der Waals surface area contributed by atoms with E-state index in [0.717, 1.165) is 64.3 Å². The van der Waals surface area contributed by atoms with Gasteiger partial charge in [0.15, 0.2) is 5.78 Å². The summed E-state index contributed by atoms with van der Waals surface area (Å²) in [6.45, 7) is 14.3. The van der Waals surface area contributed by atoms with Gasteiger partial charge in [-0.05, 0) is 56.7 Å². The minimum atomic E-state index is 0. The number of furan rings is 1. The molecule has 0 saturated heterocycles. The van der Waals surface area contributed by atoms with Crippen molar-refractivity contribution < 1.29 is 34.4 Å². The molecule has 0 aliphatic carbocycles. The predicted octanol–water partition coefficient (Wildman–Crippen LogP) is 9.69. The van der Waals surface area contributed by atoms with Gasteiger partial charge in [-0.2, -0.15) is 0 Å². The van der Waals surface area contributed by atoms with Crippen LogP contribution < -0.4 is 0 Å². The van der Waals surface area contributed by atoms with Crippen LogP contribution in [0.5, 0.6) is 0 Å². The molecule has 1 N–H and O–H groups in total. The number of rotatable bonds is 9. The molecule has 1 radical (unpaired) electrons. The van der Waals surface area contributed by atoms with Gasteiger partial charge in [-0.1, -0.05) is 59.1 Å². The zero-order valence-electron chi connectivity index (χ0n) is 26.2. The van der Waals surface area contributed by atoms with E-state index in [1.807, 2.05) is 65.0 Å². The van der Waals surface area contributed by atoms with E-state index >= 15 is 0 Å². The Bertz CT molecular complexity index is 1720. The van der Waals surface area contributed by atoms with Gasteiger partial charge in [-0.25, -0.2) is 0 Å². The number of allylic oxidation sites excluding steroid dienone is 2. The van der Waals surface area contributed by atoms with Gasteiger partial charge < -0.3 is 9.52 Å². The summed E-state index contributed by atoms with van der Waals surface area (Å²) < 4.78 is 6.01. The van der Waals surface area contributed by atoms with E-state index in [2.05, 4.69) is 37.0 Å². The van der Waals surface area contributed by atoms with Crippen LogP contribution in [-0.2, 0) is 24.9 Å². The summed E-state index contributed by atoms with van der Waals surface area (Å²) in [6.07, 6.45) is 6.69. The van der Waals surface area contributed by atoms with Gasteiger partial charge in [0.2, 0.25) is 0 Å². The molecule has 5 aromatic rings. The van der Waals surface area contributed by atoms with Gasteiger partial charge in [0.1, 0.15) is 11.3 Å². The van der Waals surface area contributed by atoms with Crippen LogP contribution in [0.15, 0.2) is 64.9 Å². The molecule has 4 heterocycles. The molecule has 0 bridgehead atoms. The summed E-state index contributed by atoms with van der Waals surface area (Å²) in [7, 11) is 0. The van der Waals surface area contributed by atoms with Gasteiger partial charge >= 0.3 is 0 Å². The number of ketones is 1. The minimum Gasteiger partial charge on any atom is -0.512 e. The van der Waals surface area contributed by atoms with E-state index < -0.39 is 0 Å². The molecule has 0 aliphatic rings. The Hall–Kier alpha value is -3.41. The summed E-state index contributed by atoms with van der Waals surface area (Å²) in [5.74, 6) is 1.67. The second-order valence-corrected chi connectivity index (χ2v) is 11.1. The van der Waals surface area contributed by atoms with Crippen molar-refractivity contribution in [3.63, 3.8) is 0 Å². The van der Waals surface area contributed by atoms with Gasteiger partial charge in [0, 0.05) is 61.0 Å². The number of aryl methyl sites for hydroxylation is 1. The number of benzene rings is 1. The molecule has 5 rings (SSSR count). The molecule has 4 aromatic heterocycles. The average Bonchev–Trinajstić information content (AvgIpc) is 3.39. The molecular formula is C36H42IrN3O3-. The molecule has 0 unspecified atom stereocenters. The van der Waals surface area contributed by atoms with Crippen LogP contribution in [0.3, 0.4) is 0 Å². The van der Waals surface area contributed by atoms with Crippen molar-refractivity contribution in [1.82, 2.24) is 15.0 Å². The van der Waals surface area contributed by atoms with Crippen molar-refractivity contribution in [2.75, 3.05) is 0 Å². The topological polar surface area (TPSA) is 89.1 Å². The molecule has 7 heteroatoms. The third-order valence-electron chi connectivity index (χ3n) is 7.89. The molecule has 43 heavy (non-hydrogen) atoms. The van der Waals surface area contributed by atoms with Crippen molar-refractivity contribution in [1.29, 1.82) is 0 Å². The van der Waals surface area contributed by atoms with Gasteiger partial charge in [-0.15, -0.1) is 23.6 Å². The van der Waals surface area contributed by atoms with E-state index in [1.54, 1.807) is 6.20 Å². The SMILES string of the molecule is CCC(CC)C(=O)/C=C(\O)C(CC)CC.Cc1cc2c(o1)c(-c1[c-]c3ccccc3c(C(C)C)n1)nc1cccnc12.[Ir]. The quantitative estimate of drug-likeness (QED) is 0.0916. The van der Waals surface area contributed by atoms with E-state index in [1.165, 1.54) is 6.08 Å². The van der Waals surface area contributed by atoms with E-state index in [-0.39, 0.29) is 43.5 Å². The first-order valence-corrected chi connectivity index (χ1v) is 15.1. The summed E-state index contributed by atoms with van der Waals surface area (Å²) >= 11 is 0. The third-order valence-corrected chi connectivity index (χ3v) is 7.89. The number of carbonyl (C=O) groups excluding carboxylic acids is 1. The monoisotopic (exact) mass is 757 g/mol. The van der Waals surface area contributed by atoms with Crippen LogP contribution in [-0.4, -0.2) is 25.8 Å². The summed E-state index contributed by atoms with van der Waals surface area (Å²) in [5.41, 5.74) is 4.86. The van der Waals surface area contributed by atoms with Gasteiger partial charge in [0.25, 0.3) is 0 Å². The van der Waals surface area contributed by atoms with Crippen molar-refractivity contribution in [2.24, 2.45) is 11.8 Å². The number of nitrogens with zero attached hydrogens (tertiary/aromatic N) is 3. The normalized spacial score (nSPS) is 11.8. The Morgan fingerprint density at radius 1 is 0.953 bits per heavy atom. The molecule has 0 fully saturated rings. The zero-order chi connectivity index (χ0) is 30.4. The zero-order valence-corrected chi connectivity index (χ0v) is 28.6. The largest absolute Gasteiger partial charge is 0.512 e. The maximum atomic E-state index is 11.7. The van der Waals surface area contributed by atoms with Crippen LogP contribution in [0.2, 0.25) is 0 Å². The molecule has 1 aromatic carbocycles. The average molecular weight is 757 g/mol. The Morgan fingerprint density at radius 3 is 2.28 bits per heavy atom. The number of aliphatic hydroxyl groups is 1. The molecular weight excluding hydrogens is 715 g/mol. The Morgan fingerprint density at radius 2 is 1.63 bits per heavy atom. The molecule has 0 saturated carbocycles. The number of hydrogen-bond donors (Lipinski definition) is 1. The Labute approximate surface area is 268 Å². The fourth-order valence-corrected chi connectivity index (χ4v) is 5.38. The van der Waals surface area contributed by atoms with E-state index in [9.17, 15) is 9.90 Å². The fourth-order valence-electron chi connectivity index (χ4n) is 5.38. The summed E-state index contributed by atoms with van der Waals surface area (Å²) in [5, 5.41) is 12.9. The number of hydrogen-bond acceptors (Lipinski definition) is 6. The van der Waals surface area contributed by atoms with Crippen molar-refractivity contribution in [3.8, 4) is 11.4 Å². The number of aliphatic hydroxyl groups excluding tert-OH is 1. The van der Waals surface area contributed by atoms with E-state index in [4.69, 9.17) is 14.4 Å². The maximum Gasteiger partial charge on any atom is 0.162 e. The predicted molar refractivity (Wildman–Crippen MR) is 172 cm³/mol. The number of aromatic nitrogens is 3. The Balaban J connectivity index is 0.000000274. The van der Waals surface area contributed by atoms with Crippen LogP contribution >= 0.6 is 0 Å². The molecule has 229 valence electrons. The molecule has 0 spiro atoms. The first kappa shape index (κ1) is 34.1. The first-order chi connectivity index (χ1) is 20.2. The third kappa shape index (κ3) is 7.57. The minimum absolute atomic E-state index is 0. The molecule has 0 atom stereocenters. The number of pyridine rings is 3.